The van der Waals surface area contributed by atoms with Crippen molar-refractivity contribution in [3.05, 3.63) is 68.0 Å². The van der Waals surface area contributed by atoms with Crippen LogP contribution in [0.2, 0.25) is 0 Å². The van der Waals surface area contributed by atoms with Crippen molar-refractivity contribution in [2.24, 2.45) is 0 Å². The highest BCUT2D eigenvalue weighted by atomic mass is 16.2. The van der Waals surface area contributed by atoms with Crippen LogP contribution in [0.15, 0.2) is 39.9 Å². The smallest absolute Gasteiger partial charge is 0.310 e. The summed E-state index contributed by atoms with van der Waals surface area (Å²) in [6.45, 7) is 2.40. The van der Waals surface area contributed by atoms with Crippen molar-refractivity contribution in [2.45, 2.75) is 25.9 Å². The number of fused-ring (bicyclic) bond motifs is 1. The van der Waals surface area contributed by atoms with Crippen molar-refractivity contribution in [3.63, 3.8) is 0 Å². The van der Waals surface area contributed by atoms with Gasteiger partial charge in [0.1, 0.15) is 0 Å². The van der Waals surface area contributed by atoms with Crippen LogP contribution in [0.25, 0.3) is 0 Å². The number of aromatic amines is 2. The minimum atomic E-state index is -0.442. The van der Waals surface area contributed by atoms with E-state index in [1.165, 1.54) is 17.2 Å². The molecule has 0 amide bonds. The predicted molar refractivity (Wildman–Crippen MR) is 76.6 cm³/mol. The molecule has 20 heavy (non-hydrogen) atoms. The molecule has 1 aliphatic heterocycles. The Hall–Kier alpha value is -2.14. The molecule has 2 N–H and O–H groups in total. The van der Waals surface area contributed by atoms with E-state index in [0.717, 1.165) is 25.9 Å². The van der Waals surface area contributed by atoms with Crippen LogP contribution in [-0.4, -0.2) is 21.4 Å². The lowest BCUT2D eigenvalue weighted by molar-refractivity contribution is 0.257. The van der Waals surface area contributed by atoms with Crippen molar-refractivity contribution in [3.8, 4) is 0 Å². The summed E-state index contributed by atoms with van der Waals surface area (Å²) in [4.78, 5) is 29.8. The molecule has 0 aliphatic carbocycles. The number of H-pyrrole nitrogens is 2. The number of rotatable bonds is 2. The molecule has 0 saturated carbocycles. The van der Waals surface area contributed by atoms with Gasteiger partial charge in [-0.1, -0.05) is 24.3 Å². The first-order chi connectivity index (χ1) is 9.70. The van der Waals surface area contributed by atoms with Gasteiger partial charge in [-0.15, -0.1) is 0 Å². The van der Waals surface area contributed by atoms with Crippen molar-refractivity contribution < 1.29 is 0 Å². The maximum atomic E-state index is 11.3. The average molecular weight is 271 g/mol. The topological polar surface area (TPSA) is 69.0 Å². The zero-order chi connectivity index (χ0) is 13.9. The van der Waals surface area contributed by atoms with E-state index >= 15 is 0 Å². The number of hydrogen-bond acceptors (Lipinski definition) is 3. The van der Waals surface area contributed by atoms with Crippen molar-refractivity contribution in [1.29, 1.82) is 0 Å². The van der Waals surface area contributed by atoms with Gasteiger partial charge in [-0.2, -0.15) is 0 Å². The summed E-state index contributed by atoms with van der Waals surface area (Å²) in [5, 5.41) is 0. The molecule has 1 aromatic heterocycles. The van der Waals surface area contributed by atoms with Crippen LogP contribution >= 0.6 is 0 Å². The lowest BCUT2D eigenvalue weighted by Gasteiger charge is -2.20. The number of hydrogen-bond donors (Lipinski definition) is 2. The van der Waals surface area contributed by atoms with Gasteiger partial charge in [-0.3, -0.25) is 14.7 Å². The molecule has 0 spiro atoms. The molecule has 0 bridgehead atoms. The fraction of sp³-hybridized carbons (Fsp3) is 0.333. The molecule has 3 rings (SSSR count). The Balaban J connectivity index is 1.81. The van der Waals surface area contributed by atoms with Crippen LogP contribution in [-0.2, 0) is 19.5 Å². The van der Waals surface area contributed by atoms with Crippen LogP contribution in [0.3, 0.4) is 0 Å². The molecular formula is C15H17N3O2. The van der Waals surface area contributed by atoms with Crippen molar-refractivity contribution >= 4 is 0 Å². The largest absolute Gasteiger partial charge is 0.325 e. The molecule has 5 nitrogen and oxygen atoms in total. The first kappa shape index (κ1) is 12.9. The summed E-state index contributed by atoms with van der Waals surface area (Å²) in [7, 11) is 0. The van der Waals surface area contributed by atoms with Gasteiger partial charge < -0.3 is 4.98 Å². The van der Waals surface area contributed by atoms with Crippen molar-refractivity contribution in [2.75, 3.05) is 6.54 Å². The zero-order valence-electron chi connectivity index (χ0n) is 11.2. The molecular weight excluding hydrogens is 254 g/mol. The quantitative estimate of drug-likeness (QED) is 0.856. The summed E-state index contributed by atoms with van der Waals surface area (Å²) >= 11 is 0. The number of aromatic nitrogens is 2. The molecule has 1 aromatic carbocycles. The highest BCUT2D eigenvalue weighted by Crippen LogP contribution is 2.19. The fourth-order valence-corrected chi connectivity index (χ4v) is 2.75. The lowest BCUT2D eigenvalue weighted by atomic mass is 10.0. The van der Waals surface area contributed by atoms with E-state index in [4.69, 9.17) is 0 Å². The Labute approximate surface area is 116 Å². The van der Waals surface area contributed by atoms with Crippen LogP contribution in [0, 0.1) is 0 Å². The third-order valence-corrected chi connectivity index (χ3v) is 3.64. The normalized spacial score (nSPS) is 15.6. The standard InChI is InChI=1S/C15H17N3O2/c19-14-8-13(16-15(20)17-14)10-18-7-3-6-11-4-1-2-5-12(11)9-18/h1-2,4-5,8H,3,6-7,9-10H2,(H2,16,17,19,20). The van der Waals surface area contributed by atoms with E-state index in [1.807, 2.05) is 0 Å². The third-order valence-electron chi connectivity index (χ3n) is 3.64. The van der Waals surface area contributed by atoms with E-state index in [2.05, 4.69) is 39.1 Å². The number of benzene rings is 1. The zero-order valence-corrected chi connectivity index (χ0v) is 11.2. The second-order valence-corrected chi connectivity index (χ2v) is 5.20. The first-order valence-electron chi connectivity index (χ1n) is 6.82. The molecule has 1 aliphatic rings. The summed E-state index contributed by atoms with van der Waals surface area (Å²) in [5.74, 6) is 0. The molecule has 5 heteroatoms. The van der Waals surface area contributed by atoms with Gasteiger partial charge in [0.05, 0.1) is 0 Å². The Morgan fingerprint density at radius 2 is 1.90 bits per heavy atom. The van der Waals surface area contributed by atoms with Gasteiger partial charge in [-0.25, -0.2) is 4.79 Å². The van der Waals surface area contributed by atoms with Crippen LogP contribution in [0.4, 0.5) is 0 Å². The number of nitrogens with zero attached hydrogens (tertiary/aromatic N) is 1. The fourth-order valence-electron chi connectivity index (χ4n) is 2.75. The summed E-state index contributed by atoms with van der Waals surface area (Å²) in [6.07, 6.45) is 2.17. The Morgan fingerprint density at radius 1 is 1.10 bits per heavy atom. The highest BCUT2D eigenvalue weighted by molar-refractivity contribution is 5.28. The minimum Gasteiger partial charge on any atom is -0.310 e. The monoisotopic (exact) mass is 271 g/mol. The molecule has 0 atom stereocenters. The number of nitrogens with one attached hydrogen (secondary N) is 2. The van der Waals surface area contributed by atoms with Gasteiger partial charge in [0.2, 0.25) is 0 Å². The first-order valence-corrected chi connectivity index (χ1v) is 6.82. The average Bonchev–Trinajstić information content (AvgIpc) is 2.59. The Kier molecular flexibility index (Phi) is 3.52. The van der Waals surface area contributed by atoms with E-state index < -0.39 is 5.69 Å². The maximum absolute atomic E-state index is 11.3. The molecule has 0 unspecified atom stereocenters. The molecule has 0 radical (unpaired) electrons. The summed E-state index contributed by atoms with van der Waals surface area (Å²) < 4.78 is 0. The van der Waals surface area contributed by atoms with Crippen LogP contribution in [0.5, 0.6) is 0 Å². The van der Waals surface area contributed by atoms with E-state index in [1.54, 1.807) is 0 Å². The van der Waals surface area contributed by atoms with Crippen LogP contribution < -0.4 is 11.2 Å². The van der Waals surface area contributed by atoms with Gasteiger partial charge in [0, 0.05) is 24.8 Å². The SMILES string of the molecule is O=c1cc(CN2CCCc3ccccc3C2)[nH]c(=O)[nH]1. The third kappa shape index (κ3) is 2.88. The molecule has 104 valence electrons. The summed E-state index contributed by atoms with van der Waals surface area (Å²) in [5.41, 5.74) is 2.60. The van der Waals surface area contributed by atoms with E-state index in [-0.39, 0.29) is 5.56 Å². The molecule has 0 saturated heterocycles. The van der Waals surface area contributed by atoms with Crippen LogP contribution in [0.1, 0.15) is 23.2 Å². The Bertz CT molecular complexity index is 689. The highest BCUT2D eigenvalue weighted by Gasteiger charge is 2.14. The van der Waals surface area contributed by atoms with Gasteiger partial charge in [-0.05, 0) is 30.5 Å². The number of aryl methyl sites for hydroxylation is 1. The van der Waals surface area contributed by atoms with Gasteiger partial charge in [0.25, 0.3) is 5.56 Å². The molecule has 0 fully saturated rings. The molecule has 2 aromatic rings. The maximum Gasteiger partial charge on any atom is 0.325 e. The lowest BCUT2D eigenvalue weighted by Crippen LogP contribution is -2.28. The second kappa shape index (κ2) is 5.46. The predicted octanol–water partition coefficient (Wildman–Crippen LogP) is 1.01. The van der Waals surface area contributed by atoms with Crippen molar-refractivity contribution in [1.82, 2.24) is 14.9 Å². The van der Waals surface area contributed by atoms with Gasteiger partial charge >= 0.3 is 5.69 Å². The second-order valence-electron chi connectivity index (χ2n) is 5.20. The minimum absolute atomic E-state index is 0.348. The van der Waals surface area contributed by atoms with Gasteiger partial charge in [0.15, 0.2) is 0 Å². The Morgan fingerprint density at radius 3 is 2.70 bits per heavy atom. The van der Waals surface area contributed by atoms with E-state index in [9.17, 15) is 9.59 Å². The van der Waals surface area contributed by atoms with E-state index in [0.29, 0.717) is 12.2 Å². The summed E-state index contributed by atoms with van der Waals surface area (Å²) in [6, 6.07) is 9.90. The molecule has 2 heterocycles.